The van der Waals surface area contributed by atoms with Crippen LogP contribution < -0.4 is 5.32 Å². The first-order valence-electron chi connectivity index (χ1n) is 7.07. The van der Waals surface area contributed by atoms with E-state index >= 15 is 0 Å². The highest BCUT2D eigenvalue weighted by atomic mass is 19.1. The molecule has 1 aromatic rings. The Morgan fingerprint density at radius 1 is 1.52 bits per heavy atom. The van der Waals surface area contributed by atoms with Crippen molar-refractivity contribution >= 4 is 12.0 Å². The van der Waals surface area contributed by atoms with Crippen LogP contribution in [0, 0.1) is 11.7 Å². The van der Waals surface area contributed by atoms with E-state index in [-0.39, 0.29) is 12.5 Å². The maximum Gasteiger partial charge on any atom is 0.244 e. The van der Waals surface area contributed by atoms with Gasteiger partial charge in [0.25, 0.3) is 0 Å². The lowest BCUT2D eigenvalue weighted by atomic mass is 9.95. The van der Waals surface area contributed by atoms with Crippen LogP contribution in [0.15, 0.2) is 24.5 Å². The van der Waals surface area contributed by atoms with Gasteiger partial charge in [-0.1, -0.05) is 13.8 Å². The first-order valence-corrected chi connectivity index (χ1v) is 7.07. The Bertz CT molecular complexity index is 499. The summed E-state index contributed by atoms with van der Waals surface area (Å²) in [5, 5.41) is 12.8. The largest absolute Gasteiger partial charge is 0.388 e. The Morgan fingerprint density at radius 2 is 2.24 bits per heavy atom. The van der Waals surface area contributed by atoms with Crippen LogP contribution in [0.5, 0.6) is 0 Å². The number of amides is 1. The number of hydrogen-bond donors (Lipinski definition) is 2. The summed E-state index contributed by atoms with van der Waals surface area (Å²) in [6.45, 7) is 6.06. The second-order valence-corrected chi connectivity index (χ2v) is 5.92. The third kappa shape index (κ3) is 7.56. The zero-order valence-electron chi connectivity index (χ0n) is 12.8. The van der Waals surface area contributed by atoms with E-state index in [0.717, 1.165) is 12.6 Å². The first-order chi connectivity index (χ1) is 9.78. The molecule has 0 aliphatic carbocycles. The van der Waals surface area contributed by atoms with Crippen molar-refractivity contribution in [3.8, 4) is 0 Å². The normalized spacial score (nSPS) is 14.4. The van der Waals surface area contributed by atoms with Crippen molar-refractivity contribution in [2.75, 3.05) is 6.54 Å². The quantitative estimate of drug-likeness (QED) is 0.760. The summed E-state index contributed by atoms with van der Waals surface area (Å²) in [7, 11) is 0. The molecule has 116 valence electrons. The molecule has 2 N–H and O–H groups in total. The summed E-state index contributed by atoms with van der Waals surface area (Å²) in [6, 6.07) is 1.29. The number of pyridine rings is 1. The summed E-state index contributed by atoms with van der Waals surface area (Å²) in [6.07, 6.45) is 6.87. The van der Waals surface area contributed by atoms with E-state index in [9.17, 15) is 14.3 Å². The van der Waals surface area contributed by atoms with Gasteiger partial charge in [-0.2, -0.15) is 0 Å². The molecule has 0 aliphatic heterocycles. The molecule has 0 saturated carbocycles. The Hall–Kier alpha value is -1.75. The zero-order valence-corrected chi connectivity index (χ0v) is 12.8. The average molecular weight is 294 g/mol. The topological polar surface area (TPSA) is 62.2 Å². The van der Waals surface area contributed by atoms with Crippen LogP contribution in [0.25, 0.3) is 6.08 Å². The summed E-state index contributed by atoms with van der Waals surface area (Å²) < 4.78 is 12.9. The molecule has 1 amide bonds. The van der Waals surface area contributed by atoms with Gasteiger partial charge in [-0.3, -0.25) is 9.78 Å². The third-order valence-corrected chi connectivity index (χ3v) is 3.06. The number of carbonyl (C=O) groups is 1. The summed E-state index contributed by atoms with van der Waals surface area (Å²) in [5.74, 6) is -0.272. The Kier molecular flexibility index (Phi) is 6.49. The first kappa shape index (κ1) is 17.3. The van der Waals surface area contributed by atoms with Gasteiger partial charge in [0.1, 0.15) is 5.82 Å². The van der Waals surface area contributed by atoms with Crippen LogP contribution in [-0.2, 0) is 4.79 Å². The van der Waals surface area contributed by atoms with E-state index in [4.69, 9.17) is 0 Å². The Balaban J connectivity index is 2.43. The Labute approximate surface area is 125 Å². The highest BCUT2D eigenvalue weighted by Gasteiger charge is 2.20. The second kappa shape index (κ2) is 7.88. The molecule has 0 saturated heterocycles. The average Bonchev–Trinajstić information content (AvgIpc) is 2.41. The van der Waals surface area contributed by atoms with Gasteiger partial charge >= 0.3 is 0 Å². The van der Waals surface area contributed by atoms with Crippen LogP contribution >= 0.6 is 0 Å². The predicted molar refractivity (Wildman–Crippen MR) is 80.9 cm³/mol. The molecule has 4 nitrogen and oxygen atoms in total. The van der Waals surface area contributed by atoms with Crippen molar-refractivity contribution in [3.05, 3.63) is 35.9 Å². The van der Waals surface area contributed by atoms with Crippen molar-refractivity contribution in [1.29, 1.82) is 0 Å². The van der Waals surface area contributed by atoms with Crippen molar-refractivity contribution < 1.29 is 14.3 Å². The van der Waals surface area contributed by atoms with Gasteiger partial charge in [0.2, 0.25) is 5.91 Å². The molecule has 1 atom stereocenters. The molecule has 1 heterocycles. The van der Waals surface area contributed by atoms with Crippen LogP contribution in [-0.4, -0.2) is 28.1 Å². The van der Waals surface area contributed by atoms with Gasteiger partial charge < -0.3 is 10.4 Å². The summed E-state index contributed by atoms with van der Waals surface area (Å²) in [5.41, 5.74) is -0.412. The van der Waals surface area contributed by atoms with Crippen LogP contribution in [0.4, 0.5) is 4.39 Å². The fourth-order valence-electron chi connectivity index (χ4n) is 1.72. The molecule has 0 radical (unpaired) electrons. The minimum Gasteiger partial charge on any atom is -0.388 e. The minimum absolute atomic E-state index is 0.185. The smallest absolute Gasteiger partial charge is 0.244 e. The molecule has 0 bridgehead atoms. The number of halogens is 1. The van der Waals surface area contributed by atoms with Gasteiger partial charge in [-0.05, 0) is 43.4 Å². The number of nitrogens with one attached hydrogen (secondary N) is 1. The van der Waals surface area contributed by atoms with E-state index < -0.39 is 11.4 Å². The number of carbonyl (C=O) groups excluding carboxylic acids is 1. The zero-order chi connectivity index (χ0) is 15.9. The van der Waals surface area contributed by atoms with Crippen LogP contribution in [0.1, 0.15) is 39.2 Å². The molecule has 0 aliphatic rings. The maximum absolute atomic E-state index is 12.9. The van der Waals surface area contributed by atoms with Gasteiger partial charge in [-0.25, -0.2) is 4.39 Å². The standard InChI is InChI=1S/C16H23FN2O2/c1-12(2)6-7-16(3,21)11-19-15(20)5-4-13-8-14(17)10-18-9-13/h4-5,8-10,12,21H,6-7,11H2,1-3H3,(H,19,20). The van der Waals surface area contributed by atoms with Gasteiger partial charge in [0.15, 0.2) is 0 Å². The van der Waals surface area contributed by atoms with E-state index in [1.165, 1.54) is 24.4 Å². The number of aliphatic hydroxyl groups is 1. The minimum atomic E-state index is -0.922. The lowest BCUT2D eigenvalue weighted by Crippen LogP contribution is -2.40. The fraction of sp³-hybridized carbons (Fsp3) is 0.500. The number of aromatic nitrogens is 1. The van der Waals surface area contributed by atoms with Crippen molar-refractivity contribution in [2.24, 2.45) is 5.92 Å². The second-order valence-electron chi connectivity index (χ2n) is 5.92. The molecule has 5 heteroatoms. The monoisotopic (exact) mass is 294 g/mol. The molecule has 0 spiro atoms. The Morgan fingerprint density at radius 3 is 2.86 bits per heavy atom. The molecule has 1 rings (SSSR count). The number of nitrogens with zero attached hydrogens (tertiary/aromatic N) is 1. The van der Waals surface area contributed by atoms with Crippen molar-refractivity contribution in [2.45, 2.75) is 39.2 Å². The molecular formula is C16H23FN2O2. The highest BCUT2D eigenvalue weighted by molar-refractivity contribution is 5.91. The lowest BCUT2D eigenvalue weighted by Gasteiger charge is -2.24. The van der Waals surface area contributed by atoms with Crippen LogP contribution in [0.2, 0.25) is 0 Å². The highest BCUT2D eigenvalue weighted by Crippen LogP contribution is 2.15. The van der Waals surface area contributed by atoms with Crippen molar-refractivity contribution in [3.63, 3.8) is 0 Å². The molecule has 0 aromatic carbocycles. The summed E-state index contributed by atoms with van der Waals surface area (Å²) in [4.78, 5) is 15.4. The number of rotatable bonds is 7. The fourth-order valence-corrected chi connectivity index (χ4v) is 1.72. The van der Waals surface area contributed by atoms with Crippen LogP contribution in [0.3, 0.4) is 0 Å². The van der Waals surface area contributed by atoms with Gasteiger partial charge in [0.05, 0.1) is 11.8 Å². The van der Waals surface area contributed by atoms with E-state index in [2.05, 4.69) is 24.1 Å². The van der Waals surface area contributed by atoms with Crippen molar-refractivity contribution in [1.82, 2.24) is 10.3 Å². The molecular weight excluding hydrogens is 271 g/mol. The maximum atomic E-state index is 12.9. The van der Waals surface area contributed by atoms with Gasteiger partial charge in [0, 0.05) is 18.8 Å². The van der Waals surface area contributed by atoms with E-state index in [0.29, 0.717) is 17.9 Å². The SMILES string of the molecule is CC(C)CCC(C)(O)CNC(=O)C=Cc1cncc(F)c1. The molecule has 1 aromatic heterocycles. The molecule has 0 fully saturated rings. The van der Waals surface area contributed by atoms with E-state index in [1.54, 1.807) is 6.92 Å². The molecule has 1 unspecified atom stereocenters. The lowest BCUT2D eigenvalue weighted by molar-refractivity contribution is -0.117. The summed E-state index contributed by atoms with van der Waals surface area (Å²) >= 11 is 0. The third-order valence-electron chi connectivity index (χ3n) is 3.06. The van der Waals surface area contributed by atoms with E-state index in [1.807, 2.05) is 0 Å². The predicted octanol–water partition coefficient (Wildman–Crippen LogP) is 2.54. The number of hydrogen-bond acceptors (Lipinski definition) is 3. The van der Waals surface area contributed by atoms with Gasteiger partial charge in [-0.15, -0.1) is 0 Å². The molecule has 21 heavy (non-hydrogen) atoms.